The second kappa shape index (κ2) is 8.65. The van der Waals surface area contributed by atoms with Gasteiger partial charge in [0.15, 0.2) is 0 Å². The summed E-state index contributed by atoms with van der Waals surface area (Å²) in [7, 11) is 1.73. The van der Waals surface area contributed by atoms with Gasteiger partial charge in [0.05, 0.1) is 25.4 Å². The lowest BCUT2D eigenvalue weighted by Crippen LogP contribution is -2.44. The Hall–Kier alpha value is -2.12. The van der Waals surface area contributed by atoms with E-state index >= 15 is 0 Å². The van der Waals surface area contributed by atoms with E-state index in [9.17, 15) is 9.59 Å². The molecule has 128 valence electrons. The van der Waals surface area contributed by atoms with Crippen molar-refractivity contribution >= 4 is 33.4 Å². The van der Waals surface area contributed by atoms with Gasteiger partial charge in [0.25, 0.3) is 0 Å². The van der Waals surface area contributed by atoms with E-state index in [4.69, 9.17) is 4.42 Å². The molecule has 0 radical (unpaired) electrons. The Kier molecular flexibility index (Phi) is 6.57. The number of hydrogen-bond donors (Lipinski definition) is 2. The summed E-state index contributed by atoms with van der Waals surface area (Å²) in [5.74, 6) is 0.350. The third-order valence-electron chi connectivity index (χ3n) is 3.59. The number of rotatable bonds is 7. The van der Waals surface area contributed by atoms with E-state index in [1.807, 2.05) is 24.3 Å². The summed E-state index contributed by atoms with van der Waals surface area (Å²) in [4.78, 5) is 25.9. The first kappa shape index (κ1) is 18.2. The van der Waals surface area contributed by atoms with Crippen LogP contribution in [0.2, 0.25) is 0 Å². The molecule has 6 nitrogen and oxygen atoms in total. The van der Waals surface area contributed by atoms with Gasteiger partial charge in [0.2, 0.25) is 11.8 Å². The van der Waals surface area contributed by atoms with Gasteiger partial charge in [-0.1, -0.05) is 15.9 Å². The maximum Gasteiger partial charge on any atom is 0.241 e. The van der Waals surface area contributed by atoms with E-state index in [2.05, 4.69) is 26.6 Å². The van der Waals surface area contributed by atoms with E-state index in [0.717, 1.165) is 4.47 Å². The molecule has 0 aliphatic rings. The van der Waals surface area contributed by atoms with Gasteiger partial charge in [-0.3, -0.25) is 14.5 Å². The Bertz CT molecular complexity index is 671. The molecule has 1 atom stereocenters. The number of carbonyl (C=O) groups is 2. The highest BCUT2D eigenvalue weighted by atomic mass is 79.9. The molecule has 24 heavy (non-hydrogen) atoms. The van der Waals surface area contributed by atoms with Crippen LogP contribution in [0.3, 0.4) is 0 Å². The number of nitrogens with zero attached hydrogens (tertiary/aromatic N) is 1. The number of carbonyl (C=O) groups excluding carboxylic acids is 2. The number of anilines is 1. The smallest absolute Gasteiger partial charge is 0.241 e. The van der Waals surface area contributed by atoms with E-state index in [1.165, 1.54) is 0 Å². The minimum absolute atomic E-state index is 0.121. The van der Waals surface area contributed by atoms with Gasteiger partial charge in [-0.2, -0.15) is 0 Å². The maximum atomic E-state index is 12.3. The SMILES string of the molecule is C[C@H](C(=O)Nc1ccc(Br)cc1)N(C)CC(=O)NCc1ccco1. The zero-order valence-electron chi connectivity index (χ0n) is 13.6. The van der Waals surface area contributed by atoms with Gasteiger partial charge >= 0.3 is 0 Å². The van der Waals surface area contributed by atoms with E-state index < -0.39 is 6.04 Å². The Labute approximate surface area is 149 Å². The number of likely N-dealkylation sites (N-methyl/N-ethyl adjacent to an activating group) is 1. The first-order chi connectivity index (χ1) is 11.5. The van der Waals surface area contributed by atoms with E-state index in [1.54, 1.807) is 37.3 Å². The van der Waals surface area contributed by atoms with E-state index in [0.29, 0.717) is 18.0 Å². The summed E-state index contributed by atoms with van der Waals surface area (Å²) in [5, 5.41) is 5.58. The molecule has 1 aromatic heterocycles. The van der Waals surface area contributed by atoms with Gasteiger partial charge < -0.3 is 15.1 Å². The lowest BCUT2D eigenvalue weighted by molar-refractivity contribution is -0.125. The van der Waals surface area contributed by atoms with Crippen LogP contribution in [0.25, 0.3) is 0 Å². The predicted molar refractivity (Wildman–Crippen MR) is 95.4 cm³/mol. The van der Waals surface area contributed by atoms with Crippen LogP contribution in [0.15, 0.2) is 51.6 Å². The molecule has 1 aromatic carbocycles. The summed E-state index contributed by atoms with van der Waals surface area (Å²) in [6.07, 6.45) is 1.56. The van der Waals surface area contributed by atoms with Gasteiger partial charge in [-0.15, -0.1) is 0 Å². The molecule has 1 heterocycles. The topological polar surface area (TPSA) is 74.6 Å². The van der Waals surface area contributed by atoms with Crippen LogP contribution in [0, 0.1) is 0 Å². The van der Waals surface area contributed by atoms with Crippen molar-refractivity contribution in [1.82, 2.24) is 10.2 Å². The molecule has 2 amide bonds. The van der Waals surface area contributed by atoms with Crippen LogP contribution in [-0.4, -0.2) is 36.3 Å². The fourth-order valence-electron chi connectivity index (χ4n) is 2.00. The highest BCUT2D eigenvalue weighted by Gasteiger charge is 2.20. The van der Waals surface area contributed by atoms with Crippen molar-refractivity contribution in [1.29, 1.82) is 0 Å². The number of furan rings is 1. The molecular weight excluding hydrogens is 374 g/mol. The minimum Gasteiger partial charge on any atom is -0.467 e. The summed E-state index contributed by atoms with van der Waals surface area (Å²) in [6, 6.07) is 10.4. The standard InChI is InChI=1S/C17H20BrN3O3/c1-12(17(23)20-14-7-5-13(18)6-8-14)21(2)11-16(22)19-10-15-4-3-9-24-15/h3-9,12H,10-11H2,1-2H3,(H,19,22)(H,20,23)/t12-/m1/s1. The Morgan fingerprint density at radius 2 is 1.96 bits per heavy atom. The number of nitrogens with one attached hydrogen (secondary N) is 2. The summed E-state index contributed by atoms with van der Waals surface area (Å²) in [5.41, 5.74) is 0.714. The highest BCUT2D eigenvalue weighted by Crippen LogP contribution is 2.14. The molecule has 0 spiro atoms. The van der Waals surface area contributed by atoms with Crippen LogP contribution in [0.5, 0.6) is 0 Å². The number of hydrogen-bond acceptors (Lipinski definition) is 4. The zero-order chi connectivity index (χ0) is 17.5. The number of benzene rings is 1. The number of amides is 2. The van der Waals surface area contributed by atoms with Crippen LogP contribution in [0.4, 0.5) is 5.69 Å². The molecule has 2 rings (SSSR count). The van der Waals surface area contributed by atoms with Crippen molar-refractivity contribution in [2.24, 2.45) is 0 Å². The van der Waals surface area contributed by atoms with Gasteiger partial charge in [-0.05, 0) is 50.4 Å². The Balaban J connectivity index is 1.79. The van der Waals surface area contributed by atoms with Gasteiger partial charge in [0.1, 0.15) is 5.76 Å². The second-order valence-electron chi connectivity index (χ2n) is 5.44. The number of halogens is 1. The van der Waals surface area contributed by atoms with Crippen LogP contribution in [0.1, 0.15) is 12.7 Å². The van der Waals surface area contributed by atoms with Gasteiger partial charge in [0, 0.05) is 10.2 Å². The molecule has 0 saturated carbocycles. The van der Waals surface area contributed by atoms with Crippen molar-refractivity contribution in [3.8, 4) is 0 Å². The largest absolute Gasteiger partial charge is 0.467 e. The van der Waals surface area contributed by atoms with Crippen LogP contribution in [-0.2, 0) is 16.1 Å². The zero-order valence-corrected chi connectivity index (χ0v) is 15.2. The highest BCUT2D eigenvalue weighted by molar-refractivity contribution is 9.10. The molecule has 0 bridgehead atoms. The molecule has 0 saturated heterocycles. The fourth-order valence-corrected chi connectivity index (χ4v) is 2.26. The lowest BCUT2D eigenvalue weighted by atomic mass is 10.2. The Morgan fingerprint density at radius 1 is 1.25 bits per heavy atom. The van der Waals surface area contributed by atoms with Gasteiger partial charge in [-0.25, -0.2) is 0 Å². The average molecular weight is 394 g/mol. The van der Waals surface area contributed by atoms with Crippen molar-refractivity contribution in [3.63, 3.8) is 0 Å². The van der Waals surface area contributed by atoms with Crippen molar-refractivity contribution in [3.05, 3.63) is 52.9 Å². The molecule has 2 N–H and O–H groups in total. The van der Waals surface area contributed by atoms with Crippen molar-refractivity contribution in [2.45, 2.75) is 19.5 Å². The second-order valence-corrected chi connectivity index (χ2v) is 6.36. The summed E-state index contributed by atoms with van der Waals surface area (Å²) >= 11 is 3.35. The fraction of sp³-hybridized carbons (Fsp3) is 0.294. The van der Waals surface area contributed by atoms with E-state index in [-0.39, 0.29) is 18.4 Å². The van der Waals surface area contributed by atoms with Crippen LogP contribution >= 0.6 is 15.9 Å². The van der Waals surface area contributed by atoms with Crippen LogP contribution < -0.4 is 10.6 Å². The quantitative estimate of drug-likeness (QED) is 0.757. The van der Waals surface area contributed by atoms with Crippen molar-refractivity contribution in [2.75, 3.05) is 18.9 Å². The minimum atomic E-state index is -0.442. The molecule has 0 fully saturated rings. The molecule has 0 unspecified atom stereocenters. The van der Waals surface area contributed by atoms with Crippen molar-refractivity contribution < 1.29 is 14.0 Å². The first-order valence-electron chi connectivity index (χ1n) is 7.51. The third kappa shape index (κ3) is 5.50. The summed E-state index contributed by atoms with van der Waals surface area (Å²) < 4.78 is 6.10. The summed E-state index contributed by atoms with van der Waals surface area (Å²) in [6.45, 7) is 2.21. The third-order valence-corrected chi connectivity index (χ3v) is 4.11. The molecular formula is C17H20BrN3O3. The predicted octanol–water partition coefficient (Wildman–Crippen LogP) is 2.62. The average Bonchev–Trinajstić information content (AvgIpc) is 3.07. The molecule has 7 heteroatoms. The Morgan fingerprint density at radius 3 is 2.58 bits per heavy atom. The molecule has 2 aromatic rings. The normalized spacial score (nSPS) is 12.0. The first-order valence-corrected chi connectivity index (χ1v) is 8.31. The lowest BCUT2D eigenvalue weighted by Gasteiger charge is -2.23. The molecule has 0 aliphatic heterocycles. The maximum absolute atomic E-state index is 12.3. The monoisotopic (exact) mass is 393 g/mol. The molecule has 0 aliphatic carbocycles.